The van der Waals surface area contributed by atoms with Gasteiger partial charge in [-0.3, -0.25) is 0 Å². The van der Waals surface area contributed by atoms with Crippen LogP contribution in [0, 0.1) is 0 Å². The molecule has 0 amide bonds. The number of rotatable bonds is 16. The van der Waals surface area contributed by atoms with Crippen LogP contribution in [0.15, 0.2) is 133 Å². The van der Waals surface area contributed by atoms with E-state index < -0.39 is 11.2 Å². The molecule has 0 atom stereocenters. The van der Waals surface area contributed by atoms with Crippen molar-refractivity contribution in [1.29, 1.82) is 0 Å². The zero-order chi connectivity index (χ0) is 40.0. The Morgan fingerprint density at radius 2 is 0.672 bits per heavy atom. The van der Waals surface area contributed by atoms with E-state index in [4.69, 9.17) is 28.4 Å². The smallest absolute Gasteiger partial charge is 0.178 e. The second-order valence-electron chi connectivity index (χ2n) is 14.9. The van der Waals surface area contributed by atoms with E-state index in [9.17, 15) is 0 Å². The summed E-state index contributed by atoms with van der Waals surface area (Å²) < 4.78 is 38.3. The van der Waals surface area contributed by atoms with Gasteiger partial charge in [-0.25, -0.2) is 0 Å². The van der Waals surface area contributed by atoms with Crippen molar-refractivity contribution in [2.75, 3.05) is 26.4 Å². The van der Waals surface area contributed by atoms with Crippen LogP contribution in [0.1, 0.15) is 86.8 Å². The van der Waals surface area contributed by atoms with E-state index in [1.165, 1.54) is 0 Å². The van der Waals surface area contributed by atoms with E-state index in [0.29, 0.717) is 26.4 Å². The third-order valence-corrected chi connectivity index (χ3v) is 10.7. The number of ether oxygens (including phenoxy) is 6. The Labute approximate surface area is 342 Å². The molecule has 6 aromatic rings. The van der Waals surface area contributed by atoms with Gasteiger partial charge in [0, 0.05) is 38.8 Å². The largest absolute Gasteiger partial charge is 0.494 e. The van der Waals surface area contributed by atoms with E-state index in [-0.39, 0.29) is 0 Å². The zero-order valence-corrected chi connectivity index (χ0v) is 34.0. The molecule has 0 aliphatic carbocycles. The van der Waals surface area contributed by atoms with Crippen LogP contribution >= 0.6 is 0 Å². The topological polar surface area (TPSA) is 55.4 Å². The van der Waals surface area contributed by atoms with Gasteiger partial charge in [0.25, 0.3) is 0 Å². The summed E-state index contributed by atoms with van der Waals surface area (Å²) in [6, 6.07) is 41.5. The zero-order valence-electron chi connectivity index (χ0n) is 34.0. The molecule has 6 aromatic carbocycles. The second-order valence-corrected chi connectivity index (χ2v) is 14.9. The number of hydrogen-bond acceptors (Lipinski definition) is 6. The van der Waals surface area contributed by atoms with Crippen LogP contribution in [0.2, 0.25) is 0 Å². The third kappa shape index (κ3) is 7.51. The quantitative estimate of drug-likeness (QED) is 0.0976. The average molecular weight is 773 g/mol. The van der Waals surface area contributed by atoms with Gasteiger partial charge in [-0.05, 0) is 116 Å². The highest BCUT2D eigenvalue weighted by atomic mass is 16.5. The molecule has 8 rings (SSSR count). The molecule has 2 aliphatic heterocycles. The second kappa shape index (κ2) is 17.2. The predicted molar refractivity (Wildman–Crippen MR) is 234 cm³/mol. The van der Waals surface area contributed by atoms with Gasteiger partial charge >= 0.3 is 0 Å². The summed E-state index contributed by atoms with van der Waals surface area (Å²) >= 11 is 0. The van der Waals surface area contributed by atoms with Gasteiger partial charge < -0.3 is 28.4 Å². The van der Waals surface area contributed by atoms with Crippen molar-refractivity contribution in [2.45, 2.75) is 64.6 Å². The molecule has 0 spiro atoms. The van der Waals surface area contributed by atoms with Crippen molar-refractivity contribution in [3.63, 3.8) is 0 Å². The van der Waals surface area contributed by atoms with Crippen LogP contribution in [0.25, 0.3) is 22.9 Å². The Balaban J connectivity index is 1.21. The summed E-state index contributed by atoms with van der Waals surface area (Å²) in [5.41, 5.74) is 4.24. The first-order chi connectivity index (χ1) is 28.5. The lowest BCUT2D eigenvalue weighted by Crippen LogP contribution is -2.35. The fraction of sp³-hybridized carbons (Fsp3) is 0.269. The lowest BCUT2D eigenvalue weighted by atomic mass is 9.81. The average Bonchev–Trinajstić information content (AvgIpc) is 3.28. The number of benzene rings is 6. The third-order valence-electron chi connectivity index (χ3n) is 10.7. The Morgan fingerprint density at radius 1 is 0.379 bits per heavy atom. The van der Waals surface area contributed by atoms with Gasteiger partial charge in [-0.15, -0.1) is 0 Å². The van der Waals surface area contributed by atoms with E-state index in [1.54, 1.807) is 0 Å². The molecule has 296 valence electrons. The summed E-state index contributed by atoms with van der Waals surface area (Å²) in [6.07, 6.45) is 12.6. The minimum absolute atomic E-state index is 0.671. The molecule has 0 saturated heterocycles. The molecule has 2 aliphatic rings. The molecule has 2 heterocycles. The lowest BCUT2D eigenvalue weighted by molar-refractivity contribution is 0.160. The van der Waals surface area contributed by atoms with Crippen molar-refractivity contribution in [3.05, 3.63) is 167 Å². The maximum Gasteiger partial charge on any atom is 0.178 e. The maximum atomic E-state index is 7.23. The minimum Gasteiger partial charge on any atom is -0.494 e. The SMILES string of the molecule is CCCOc1ccc(C2(c3ccc(OCCC)cc3)C=Cc3c(ccc4ccc5c(c34)C=CC(c3ccc(OCCC)cc3)(c3ccc(OCCC)cc3)O5)O2)cc1. The van der Waals surface area contributed by atoms with Crippen LogP contribution in [-0.4, -0.2) is 26.4 Å². The lowest BCUT2D eigenvalue weighted by Gasteiger charge is -2.38. The highest BCUT2D eigenvalue weighted by Crippen LogP contribution is 2.49. The monoisotopic (exact) mass is 772 g/mol. The summed E-state index contributed by atoms with van der Waals surface area (Å²) in [7, 11) is 0. The van der Waals surface area contributed by atoms with Crippen molar-refractivity contribution in [1.82, 2.24) is 0 Å². The maximum absolute atomic E-state index is 7.23. The van der Waals surface area contributed by atoms with Crippen LogP contribution in [0.5, 0.6) is 34.5 Å². The van der Waals surface area contributed by atoms with Gasteiger partial charge in [-0.1, -0.05) is 88.4 Å². The fourth-order valence-corrected chi connectivity index (χ4v) is 7.79. The molecule has 6 nitrogen and oxygen atoms in total. The van der Waals surface area contributed by atoms with E-state index in [2.05, 4.69) is 125 Å². The first kappa shape index (κ1) is 38.7. The van der Waals surface area contributed by atoms with Gasteiger partial charge in [0.1, 0.15) is 34.5 Å². The van der Waals surface area contributed by atoms with Gasteiger partial charge in [0.15, 0.2) is 11.2 Å². The standard InChI is InChI=1S/C52H52O6/c1-5-33-53-42-19-11-38(12-20-42)51(39-13-21-43(22-14-39)54-34-6-2)31-29-46-48(57-51)27-9-37-10-28-49-47(50(37)46)30-32-52(58-49,40-15-23-44(24-16-40)55-35-7-3)41-17-25-45(26-18-41)56-36-8-4/h9-32H,5-8,33-36H2,1-4H3. The van der Waals surface area contributed by atoms with Crippen LogP contribution in [0.4, 0.5) is 0 Å². The highest BCUT2D eigenvalue weighted by Gasteiger charge is 2.40. The van der Waals surface area contributed by atoms with Crippen molar-refractivity contribution in [2.24, 2.45) is 0 Å². The number of hydrogen-bond donors (Lipinski definition) is 0. The Hall–Kier alpha value is -6.14. The molecule has 0 fully saturated rings. The number of fused-ring (bicyclic) bond motifs is 5. The molecule has 0 radical (unpaired) electrons. The molecule has 0 aromatic heterocycles. The fourth-order valence-electron chi connectivity index (χ4n) is 7.79. The molecular formula is C52H52O6. The molecule has 0 bridgehead atoms. The molecule has 58 heavy (non-hydrogen) atoms. The Morgan fingerprint density at radius 3 is 0.948 bits per heavy atom. The van der Waals surface area contributed by atoms with Gasteiger partial charge in [0.05, 0.1) is 26.4 Å². The first-order valence-electron chi connectivity index (χ1n) is 20.8. The van der Waals surface area contributed by atoms with E-state index in [1.807, 2.05) is 48.5 Å². The van der Waals surface area contributed by atoms with Crippen molar-refractivity contribution < 1.29 is 28.4 Å². The summed E-state index contributed by atoms with van der Waals surface area (Å²) in [5.74, 6) is 4.93. The first-order valence-corrected chi connectivity index (χ1v) is 20.8. The summed E-state index contributed by atoms with van der Waals surface area (Å²) in [6.45, 7) is 11.1. The molecule has 6 heteroatoms. The van der Waals surface area contributed by atoms with Crippen molar-refractivity contribution in [3.8, 4) is 34.5 Å². The normalized spacial score (nSPS) is 14.5. The molecule has 0 saturated carbocycles. The van der Waals surface area contributed by atoms with E-state index >= 15 is 0 Å². The Bertz CT molecular complexity index is 2110. The van der Waals surface area contributed by atoms with Gasteiger partial charge in [-0.2, -0.15) is 0 Å². The van der Waals surface area contributed by atoms with E-state index in [0.717, 1.165) is 104 Å². The molecule has 0 unspecified atom stereocenters. The van der Waals surface area contributed by atoms with Crippen molar-refractivity contribution >= 4 is 22.9 Å². The van der Waals surface area contributed by atoms with Crippen LogP contribution in [-0.2, 0) is 11.2 Å². The van der Waals surface area contributed by atoms with Crippen LogP contribution in [0.3, 0.4) is 0 Å². The highest BCUT2D eigenvalue weighted by molar-refractivity contribution is 6.02. The van der Waals surface area contributed by atoms with Gasteiger partial charge in [0.2, 0.25) is 0 Å². The summed E-state index contributed by atoms with van der Waals surface area (Å²) in [5, 5.41) is 2.17. The Kier molecular flexibility index (Phi) is 11.5. The minimum atomic E-state index is -0.885. The predicted octanol–water partition coefficient (Wildman–Crippen LogP) is 12.7. The van der Waals surface area contributed by atoms with Crippen LogP contribution < -0.4 is 28.4 Å². The molecular weight excluding hydrogens is 721 g/mol. The summed E-state index contributed by atoms with van der Waals surface area (Å²) in [4.78, 5) is 0. The molecule has 0 N–H and O–H groups in total.